The number of halogens is 1. The summed E-state index contributed by atoms with van der Waals surface area (Å²) in [4.78, 5) is 11.5. The van der Waals surface area contributed by atoms with E-state index in [0.29, 0.717) is 16.9 Å². The van der Waals surface area contributed by atoms with Crippen LogP contribution in [0.3, 0.4) is 0 Å². The molecule has 1 aromatic carbocycles. The van der Waals surface area contributed by atoms with Gasteiger partial charge >= 0.3 is 5.97 Å². The van der Waals surface area contributed by atoms with Crippen LogP contribution in [0.15, 0.2) is 40.6 Å². The lowest BCUT2D eigenvalue weighted by molar-refractivity contribution is 0.0526. The van der Waals surface area contributed by atoms with Gasteiger partial charge in [-0.2, -0.15) is 4.39 Å². The summed E-state index contributed by atoms with van der Waals surface area (Å²) in [6, 6.07) is 8.05. The largest absolute Gasteiger partial charge is 0.462 e. The molecule has 8 heteroatoms. The summed E-state index contributed by atoms with van der Waals surface area (Å²) in [6.07, 6.45) is 0. The first kappa shape index (κ1) is 15.5. The molecule has 0 bridgehead atoms. The molecule has 1 heterocycles. The van der Waals surface area contributed by atoms with E-state index in [1.54, 1.807) is 6.92 Å². The van der Waals surface area contributed by atoms with Gasteiger partial charge in [-0.05, 0) is 43.3 Å². The molecule has 2 aromatic rings. The Balaban J connectivity index is 2.15. The first-order valence-corrected chi connectivity index (χ1v) is 8.27. The van der Waals surface area contributed by atoms with E-state index in [-0.39, 0.29) is 16.5 Å². The SMILES string of the molecule is CCOC(=O)c1ccc(NS(=O)(=O)c2ccc(F)s2)cc1. The number of rotatable bonds is 5. The average Bonchev–Trinajstić information content (AvgIpc) is 2.87. The van der Waals surface area contributed by atoms with Crippen molar-refractivity contribution in [1.29, 1.82) is 0 Å². The summed E-state index contributed by atoms with van der Waals surface area (Å²) >= 11 is 0.537. The summed E-state index contributed by atoms with van der Waals surface area (Å²) in [5.74, 6) is -0.479. The van der Waals surface area contributed by atoms with Gasteiger partial charge in [0.15, 0.2) is 5.13 Å². The summed E-state index contributed by atoms with van der Waals surface area (Å²) in [5.41, 5.74) is 0.596. The Hall–Kier alpha value is -1.93. The third kappa shape index (κ3) is 3.79. The molecule has 1 aromatic heterocycles. The molecule has 0 spiro atoms. The number of esters is 1. The van der Waals surface area contributed by atoms with Crippen LogP contribution in [0.4, 0.5) is 10.1 Å². The van der Waals surface area contributed by atoms with Crippen molar-refractivity contribution in [3.63, 3.8) is 0 Å². The van der Waals surface area contributed by atoms with Crippen LogP contribution in [0.5, 0.6) is 0 Å². The van der Waals surface area contributed by atoms with E-state index in [4.69, 9.17) is 4.74 Å². The molecule has 2 rings (SSSR count). The normalized spacial score (nSPS) is 11.1. The van der Waals surface area contributed by atoms with Gasteiger partial charge in [-0.15, -0.1) is 0 Å². The first-order chi connectivity index (χ1) is 9.92. The molecule has 21 heavy (non-hydrogen) atoms. The highest BCUT2D eigenvalue weighted by Gasteiger charge is 2.17. The third-order valence-corrected chi connectivity index (χ3v) is 5.21. The van der Waals surface area contributed by atoms with Crippen LogP contribution in [-0.4, -0.2) is 21.0 Å². The highest BCUT2D eigenvalue weighted by Crippen LogP contribution is 2.23. The van der Waals surface area contributed by atoms with Crippen LogP contribution in [0.25, 0.3) is 0 Å². The zero-order valence-corrected chi connectivity index (χ0v) is 12.6. The molecule has 0 saturated carbocycles. The lowest BCUT2D eigenvalue weighted by Gasteiger charge is -2.07. The molecular weight excluding hydrogens is 317 g/mol. The maximum Gasteiger partial charge on any atom is 0.338 e. The van der Waals surface area contributed by atoms with Crippen LogP contribution in [0.1, 0.15) is 17.3 Å². The predicted octanol–water partition coefficient (Wildman–Crippen LogP) is 2.86. The number of sulfonamides is 1. The van der Waals surface area contributed by atoms with Crippen molar-refractivity contribution < 1.29 is 22.3 Å². The highest BCUT2D eigenvalue weighted by atomic mass is 32.2. The number of carbonyl (C=O) groups excluding carboxylic acids is 1. The molecule has 0 radical (unpaired) electrons. The van der Waals surface area contributed by atoms with Crippen LogP contribution < -0.4 is 4.72 Å². The minimum atomic E-state index is -3.82. The van der Waals surface area contributed by atoms with Crippen molar-refractivity contribution in [3.05, 3.63) is 47.1 Å². The quantitative estimate of drug-likeness (QED) is 0.856. The molecular formula is C13H12FNO4S2. The molecule has 0 aliphatic rings. The third-order valence-electron chi connectivity index (χ3n) is 2.46. The Morgan fingerprint density at radius 1 is 1.24 bits per heavy atom. The number of hydrogen-bond acceptors (Lipinski definition) is 5. The number of hydrogen-bond donors (Lipinski definition) is 1. The van der Waals surface area contributed by atoms with Gasteiger partial charge in [0.05, 0.1) is 12.2 Å². The minimum Gasteiger partial charge on any atom is -0.462 e. The minimum absolute atomic E-state index is 0.116. The standard InChI is InChI=1S/C13H12FNO4S2/c1-2-19-13(16)9-3-5-10(6-4-9)15-21(17,18)12-8-7-11(14)20-12/h3-8,15H,2H2,1H3. The molecule has 0 saturated heterocycles. The van der Waals surface area contributed by atoms with Crippen molar-refractivity contribution >= 4 is 33.0 Å². The number of thiophene rings is 1. The molecule has 0 amide bonds. The van der Waals surface area contributed by atoms with E-state index in [9.17, 15) is 17.6 Å². The Kier molecular flexibility index (Phi) is 4.59. The lowest BCUT2D eigenvalue weighted by Crippen LogP contribution is -2.11. The van der Waals surface area contributed by atoms with E-state index in [1.807, 2.05) is 0 Å². The molecule has 0 fully saturated rings. The Bertz CT molecular complexity index is 738. The van der Waals surface area contributed by atoms with Crippen LogP contribution in [0, 0.1) is 5.13 Å². The average molecular weight is 329 g/mol. The van der Waals surface area contributed by atoms with Gasteiger partial charge < -0.3 is 4.74 Å². The fraction of sp³-hybridized carbons (Fsp3) is 0.154. The first-order valence-electron chi connectivity index (χ1n) is 5.97. The molecule has 1 N–H and O–H groups in total. The van der Waals surface area contributed by atoms with Gasteiger partial charge in [0.1, 0.15) is 4.21 Å². The van der Waals surface area contributed by atoms with Gasteiger partial charge in [0.25, 0.3) is 10.0 Å². The summed E-state index contributed by atoms with van der Waals surface area (Å²) < 4.78 is 43.9. The molecule has 0 atom stereocenters. The number of nitrogens with one attached hydrogen (secondary N) is 1. The zero-order valence-electron chi connectivity index (χ0n) is 11.0. The van der Waals surface area contributed by atoms with Crippen LogP contribution >= 0.6 is 11.3 Å². The lowest BCUT2D eigenvalue weighted by atomic mass is 10.2. The van der Waals surface area contributed by atoms with E-state index in [2.05, 4.69) is 4.72 Å². The smallest absolute Gasteiger partial charge is 0.338 e. The highest BCUT2D eigenvalue weighted by molar-refractivity contribution is 7.94. The maximum absolute atomic E-state index is 12.9. The second kappa shape index (κ2) is 6.23. The fourth-order valence-electron chi connectivity index (χ4n) is 1.54. The summed E-state index contributed by atoms with van der Waals surface area (Å²) in [5, 5.41) is -0.576. The maximum atomic E-state index is 12.9. The molecule has 112 valence electrons. The summed E-state index contributed by atoms with van der Waals surface area (Å²) in [7, 11) is -3.82. The molecule has 0 aliphatic heterocycles. The predicted molar refractivity (Wildman–Crippen MR) is 77.5 cm³/mol. The van der Waals surface area contributed by atoms with E-state index >= 15 is 0 Å². The summed E-state index contributed by atoms with van der Waals surface area (Å²) in [6.45, 7) is 1.96. The Morgan fingerprint density at radius 3 is 2.43 bits per heavy atom. The van der Waals surface area contributed by atoms with Gasteiger partial charge in [0, 0.05) is 5.69 Å². The van der Waals surface area contributed by atoms with Gasteiger partial charge in [-0.3, -0.25) is 4.72 Å². The number of benzene rings is 1. The van der Waals surface area contributed by atoms with Gasteiger partial charge in [0.2, 0.25) is 0 Å². The number of ether oxygens (including phenoxy) is 1. The van der Waals surface area contributed by atoms with Gasteiger partial charge in [-0.25, -0.2) is 13.2 Å². The number of carbonyl (C=O) groups is 1. The monoisotopic (exact) mass is 329 g/mol. The van der Waals surface area contributed by atoms with E-state index in [0.717, 1.165) is 6.07 Å². The van der Waals surface area contributed by atoms with Crippen LogP contribution in [0.2, 0.25) is 0 Å². The van der Waals surface area contributed by atoms with Gasteiger partial charge in [-0.1, -0.05) is 11.3 Å². The van der Waals surface area contributed by atoms with E-state index in [1.165, 1.54) is 30.3 Å². The van der Waals surface area contributed by atoms with Crippen molar-refractivity contribution in [2.45, 2.75) is 11.1 Å². The molecule has 0 unspecified atom stereocenters. The van der Waals surface area contributed by atoms with Crippen molar-refractivity contribution in [3.8, 4) is 0 Å². The fourth-order valence-corrected chi connectivity index (χ4v) is 3.60. The zero-order chi connectivity index (χ0) is 15.5. The topological polar surface area (TPSA) is 72.5 Å². The van der Waals surface area contributed by atoms with Crippen LogP contribution in [-0.2, 0) is 14.8 Å². The van der Waals surface area contributed by atoms with E-state index < -0.39 is 21.1 Å². The molecule has 0 aliphatic carbocycles. The second-order valence-electron chi connectivity index (χ2n) is 3.96. The Labute approximate surface area is 125 Å². The second-order valence-corrected chi connectivity index (χ2v) is 6.91. The van der Waals surface area contributed by atoms with Crippen molar-refractivity contribution in [2.75, 3.05) is 11.3 Å². The number of anilines is 1. The van der Waals surface area contributed by atoms with Crippen molar-refractivity contribution in [1.82, 2.24) is 0 Å². The van der Waals surface area contributed by atoms with Crippen molar-refractivity contribution in [2.24, 2.45) is 0 Å². The Morgan fingerprint density at radius 2 is 1.90 bits per heavy atom. The molecule has 5 nitrogen and oxygen atoms in total.